The second-order valence-corrected chi connectivity index (χ2v) is 3.16. The van der Waals surface area contributed by atoms with Gasteiger partial charge in [-0.2, -0.15) is 0 Å². The minimum atomic E-state index is -1.39. The zero-order chi connectivity index (χ0) is 12.0. The van der Waals surface area contributed by atoms with Crippen LogP contribution in [0.3, 0.4) is 0 Å². The van der Waals surface area contributed by atoms with Crippen LogP contribution in [0, 0.1) is 0 Å². The first-order chi connectivity index (χ1) is 6.84. The summed E-state index contributed by atoms with van der Waals surface area (Å²) in [4.78, 5) is 31.5. The minimum absolute atomic E-state index is 0.00787. The lowest BCUT2D eigenvalue weighted by atomic mass is 10.1. The summed E-state index contributed by atoms with van der Waals surface area (Å²) in [7, 11) is 0. The van der Waals surface area contributed by atoms with E-state index in [9.17, 15) is 24.6 Å². The number of quaternary nitrogens is 1. The van der Waals surface area contributed by atoms with Crippen molar-refractivity contribution in [1.29, 1.82) is 0 Å². The molecular weight excluding hydrogens is 204 g/mol. The zero-order valence-electron chi connectivity index (χ0n) is 8.32. The topological polar surface area (TPSA) is 137 Å². The summed E-state index contributed by atoms with van der Waals surface area (Å²) in [6.45, 7) is 1.26. The molecule has 0 saturated heterocycles. The summed E-state index contributed by atoms with van der Waals surface area (Å²) < 4.78 is 0. The lowest BCUT2D eigenvalue weighted by Gasteiger charge is -2.15. The largest absolute Gasteiger partial charge is 0.548 e. The van der Waals surface area contributed by atoms with Crippen LogP contribution in [-0.2, 0) is 14.4 Å². The molecule has 0 aliphatic rings. The number of hydrogen-bond donors (Lipinski definition) is 2. The van der Waals surface area contributed by atoms with Gasteiger partial charge in [-0.1, -0.05) is 0 Å². The van der Waals surface area contributed by atoms with Gasteiger partial charge in [-0.25, -0.2) is 0 Å². The number of hydrogen-bond acceptors (Lipinski definition) is 5. The highest BCUT2D eigenvalue weighted by atomic mass is 16.4. The molecule has 7 nitrogen and oxygen atoms in total. The molecule has 15 heavy (non-hydrogen) atoms. The maximum atomic E-state index is 11.0. The Morgan fingerprint density at radius 1 is 1.27 bits per heavy atom. The van der Waals surface area contributed by atoms with Crippen molar-refractivity contribution < 1.29 is 30.3 Å². The second kappa shape index (κ2) is 5.97. The maximum absolute atomic E-state index is 11.0. The Hall–Kier alpha value is -1.63. The SMILES string of the molecule is C[C@@H](NC(=O)CC[C@H]([NH3+])C(=O)[O-])C(=O)[O-]. The van der Waals surface area contributed by atoms with Crippen molar-refractivity contribution in [3.05, 3.63) is 0 Å². The van der Waals surface area contributed by atoms with Gasteiger partial charge < -0.3 is 30.9 Å². The van der Waals surface area contributed by atoms with Crippen LogP contribution in [0.5, 0.6) is 0 Å². The van der Waals surface area contributed by atoms with E-state index < -0.39 is 29.9 Å². The van der Waals surface area contributed by atoms with E-state index >= 15 is 0 Å². The van der Waals surface area contributed by atoms with E-state index in [0.717, 1.165) is 0 Å². The third-order valence-electron chi connectivity index (χ3n) is 1.78. The molecular formula is C8H13N2O5-. The fourth-order valence-electron chi connectivity index (χ4n) is 0.796. The normalized spacial score (nSPS) is 14.0. The lowest BCUT2D eigenvalue weighted by Crippen LogP contribution is -2.68. The smallest absolute Gasteiger partial charge is 0.220 e. The van der Waals surface area contributed by atoms with Crippen molar-refractivity contribution in [3.8, 4) is 0 Å². The van der Waals surface area contributed by atoms with Crippen LogP contribution in [0.1, 0.15) is 19.8 Å². The Kier molecular flexibility index (Phi) is 5.32. The minimum Gasteiger partial charge on any atom is -0.548 e. The van der Waals surface area contributed by atoms with Crippen molar-refractivity contribution in [2.24, 2.45) is 0 Å². The van der Waals surface area contributed by atoms with E-state index in [0.29, 0.717) is 0 Å². The van der Waals surface area contributed by atoms with Crippen LogP contribution >= 0.6 is 0 Å². The molecule has 0 saturated carbocycles. The average Bonchev–Trinajstić information content (AvgIpc) is 2.13. The third-order valence-corrected chi connectivity index (χ3v) is 1.78. The maximum Gasteiger partial charge on any atom is 0.220 e. The highest BCUT2D eigenvalue weighted by Gasteiger charge is 2.12. The molecule has 7 heteroatoms. The lowest BCUT2D eigenvalue weighted by molar-refractivity contribution is -0.438. The van der Waals surface area contributed by atoms with Crippen LogP contribution in [0.2, 0.25) is 0 Å². The van der Waals surface area contributed by atoms with E-state index in [1.807, 2.05) is 0 Å². The first kappa shape index (κ1) is 13.4. The van der Waals surface area contributed by atoms with Crippen molar-refractivity contribution >= 4 is 17.8 Å². The van der Waals surface area contributed by atoms with Gasteiger partial charge in [0.15, 0.2) is 0 Å². The fourth-order valence-corrected chi connectivity index (χ4v) is 0.796. The molecule has 0 aromatic heterocycles. The van der Waals surface area contributed by atoms with Gasteiger partial charge >= 0.3 is 0 Å². The van der Waals surface area contributed by atoms with Gasteiger partial charge in [0.25, 0.3) is 0 Å². The van der Waals surface area contributed by atoms with Crippen LogP contribution < -0.4 is 21.3 Å². The molecule has 0 rings (SSSR count). The first-order valence-corrected chi connectivity index (χ1v) is 4.38. The number of amides is 1. The van der Waals surface area contributed by atoms with E-state index in [2.05, 4.69) is 11.1 Å². The summed E-state index contributed by atoms with van der Waals surface area (Å²) in [5.74, 6) is -3.29. The average molecular weight is 217 g/mol. The predicted molar refractivity (Wildman–Crippen MR) is 43.5 cm³/mol. The number of carboxylic acid groups (broad SMARTS) is 2. The quantitative estimate of drug-likeness (QED) is 0.461. The standard InChI is InChI=1S/C8H14N2O5/c1-4(7(12)13)10-6(11)3-2-5(9)8(14)15/h4-5H,2-3,9H2,1H3,(H,10,11)(H,12,13)(H,14,15)/p-1/t4-,5+/m1/s1. The molecule has 86 valence electrons. The van der Waals surface area contributed by atoms with Crippen molar-refractivity contribution in [1.82, 2.24) is 5.32 Å². The Balaban J connectivity index is 3.85. The van der Waals surface area contributed by atoms with Gasteiger partial charge in [0.1, 0.15) is 6.04 Å². The number of aliphatic carboxylic acids is 2. The van der Waals surface area contributed by atoms with Crippen LogP contribution in [0.25, 0.3) is 0 Å². The summed E-state index contributed by atoms with van der Waals surface area (Å²) in [5, 5.41) is 22.6. The molecule has 1 amide bonds. The van der Waals surface area contributed by atoms with Crippen LogP contribution in [-0.4, -0.2) is 29.9 Å². The van der Waals surface area contributed by atoms with E-state index in [4.69, 9.17) is 0 Å². The summed E-state index contributed by atoms with van der Waals surface area (Å²) in [6.07, 6.45) is -0.103. The number of nitrogens with one attached hydrogen (secondary N) is 1. The Morgan fingerprint density at radius 3 is 2.20 bits per heavy atom. The molecule has 0 aliphatic carbocycles. The molecule has 2 atom stereocenters. The zero-order valence-corrected chi connectivity index (χ0v) is 8.32. The highest BCUT2D eigenvalue weighted by Crippen LogP contribution is 1.93. The Bertz CT molecular complexity index is 266. The van der Waals surface area contributed by atoms with E-state index in [1.54, 1.807) is 0 Å². The van der Waals surface area contributed by atoms with Crippen molar-refractivity contribution in [2.45, 2.75) is 31.8 Å². The van der Waals surface area contributed by atoms with Gasteiger partial charge in [0, 0.05) is 12.8 Å². The molecule has 0 bridgehead atoms. The number of carbonyl (C=O) groups excluding carboxylic acids is 3. The monoisotopic (exact) mass is 217 g/mol. The molecule has 0 aliphatic heterocycles. The molecule has 0 fully saturated rings. The van der Waals surface area contributed by atoms with Gasteiger partial charge in [0.05, 0.1) is 18.0 Å². The van der Waals surface area contributed by atoms with Crippen LogP contribution in [0.15, 0.2) is 0 Å². The Morgan fingerprint density at radius 2 is 1.80 bits per heavy atom. The molecule has 0 aromatic carbocycles. The first-order valence-electron chi connectivity index (χ1n) is 4.38. The number of carboxylic acids is 2. The number of carbonyl (C=O) groups is 3. The third kappa shape index (κ3) is 5.63. The molecule has 0 aromatic rings. The summed E-state index contributed by atoms with van der Waals surface area (Å²) in [6, 6.07) is -2.07. The van der Waals surface area contributed by atoms with Crippen molar-refractivity contribution in [3.63, 3.8) is 0 Å². The van der Waals surface area contributed by atoms with Crippen LogP contribution in [0.4, 0.5) is 0 Å². The van der Waals surface area contributed by atoms with Crippen molar-refractivity contribution in [2.75, 3.05) is 0 Å². The molecule has 0 radical (unpaired) electrons. The molecule has 0 unspecified atom stereocenters. The fraction of sp³-hybridized carbons (Fsp3) is 0.625. The second-order valence-electron chi connectivity index (χ2n) is 3.16. The van der Waals surface area contributed by atoms with Gasteiger partial charge in [-0.05, 0) is 6.92 Å². The molecule has 4 N–H and O–H groups in total. The molecule has 0 heterocycles. The van der Waals surface area contributed by atoms with Gasteiger partial charge in [-0.3, -0.25) is 4.79 Å². The highest BCUT2D eigenvalue weighted by molar-refractivity contribution is 5.82. The van der Waals surface area contributed by atoms with E-state index in [-0.39, 0.29) is 12.8 Å². The predicted octanol–water partition coefficient (Wildman–Crippen LogP) is -4.62. The summed E-state index contributed by atoms with van der Waals surface area (Å²) >= 11 is 0. The van der Waals surface area contributed by atoms with Gasteiger partial charge in [-0.15, -0.1) is 0 Å². The number of rotatable bonds is 6. The van der Waals surface area contributed by atoms with Gasteiger partial charge in [0.2, 0.25) is 5.91 Å². The summed E-state index contributed by atoms with van der Waals surface area (Å²) in [5.41, 5.74) is 3.25. The van der Waals surface area contributed by atoms with E-state index in [1.165, 1.54) is 6.92 Å². The molecule has 0 spiro atoms. The Labute approximate surface area is 86.3 Å².